The molecule has 1 saturated carbocycles. The first-order valence-electron chi connectivity index (χ1n) is 11.1. The van der Waals surface area contributed by atoms with E-state index < -0.39 is 0 Å². The van der Waals surface area contributed by atoms with Crippen LogP contribution >= 0.6 is 23.5 Å². The van der Waals surface area contributed by atoms with E-state index in [1.54, 1.807) is 0 Å². The molecule has 0 spiro atoms. The van der Waals surface area contributed by atoms with Crippen LogP contribution < -0.4 is 10.0 Å². The molecule has 1 heterocycles. The van der Waals surface area contributed by atoms with E-state index >= 15 is 0 Å². The van der Waals surface area contributed by atoms with Gasteiger partial charge in [0.15, 0.2) is 0 Å². The van der Waals surface area contributed by atoms with Crippen LogP contribution in [-0.2, 0) is 0 Å². The Balaban J connectivity index is 1.27. The topological polar surface area (TPSA) is 49.8 Å². The Morgan fingerprint density at radius 1 is 0.875 bits per heavy atom. The summed E-state index contributed by atoms with van der Waals surface area (Å²) in [6, 6.07) is 23.1. The third-order valence-electron chi connectivity index (χ3n) is 5.85. The maximum absolute atomic E-state index is 6.23. The Morgan fingerprint density at radius 3 is 2.47 bits per heavy atom. The SMILES string of the molecule is Clc1ccccc1SNc1ccc(-c2ccc3nc(NC4CCCCC4)ncc3c2)cc1. The number of nitrogens with zero attached hydrogens (tertiary/aromatic N) is 2. The second kappa shape index (κ2) is 9.80. The van der Waals surface area contributed by atoms with Crippen molar-refractivity contribution in [3.05, 3.63) is 77.9 Å². The van der Waals surface area contributed by atoms with Crippen LogP contribution in [-0.4, -0.2) is 16.0 Å². The molecule has 0 aliphatic heterocycles. The normalized spacial score (nSPS) is 14.4. The summed E-state index contributed by atoms with van der Waals surface area (Å²) in [5.74, 6) is 0.739. The van der Waals surface area contributed by atoms with E-state index in [2.05, 4.69) is 57.5 Å². The molecule has 162 valence electrons. The summed E-state index contributed by atoms with van der Waals surface area (Å²) in [6.45, 7) is 0. The molecule has 1 fully saturated rings. The molecule has 32 heavy (non-hydrogen) atoms. The zero-order valence-corrected chi connectivity index (χ0v) is 19.3. The minimum absolute atomic E-state index is 0.503. The first kappa shape index (κ1) is 21.1. The molecule has 0 saturated heterocycles. The second-order valence-corrected chi connectivity index (χ2v) is 9.41. The summed E-state index contributed by atoms with van der Waals surface area (Å²) in [5, 5.41) is 5.31. The van der Waals surface area contributed by atoms with E-state index in [4.69, 9.17) is 16.6 Å². The summed E-state index contributed by atoms with van der Waals surface area (Å²) in [6.07, 6.45) is 8.28. The van der Waals surface area contributed by atoms with E-state index in [1.807, 2.05) is 30.5 Å². The standard InChI is InChI=1S/C26H25ClN4S/c27-23-8-4-5-9-25(23)32-31-22-13-10-18(11-14-22)19-12-15-24-20(16-19)17-28-26(30-24)29-21-6-2-1-3-7-21/h4-5,8-17,21,31H,1-3,6-7H2,(H,28,29,30). The lowest BCUT2D eigenvalue weighted by Gasteiger charge is -2.22. The minimum Gasteiger partial charge on any atom is -0.351 e. The van der Waals surface area contributed by atoms with Gasteiger partial charge in [-0.3, -0.25) is 0 Å². The first-order valence-corrected chi connectivity index (χ1v) is 12.3. The molecule has 1 aliphatic rings. The number of nitrogens with one attached hydrogen (secondary N) is 2. The molecule has 0 radical (unpaired) electrons. The molecule has 0 bridgehead atoms. The fourth-order valence-electron chi connectivity index (χ4n) is 4.08. The van der Waals surface area contributed by atoms with Crippen molar-refractivity contribution >= 4 is 46.1 Å². The lowest BCUT2D eigenvalue weighted by Crippen LogP contribution is -2.23. The van der Waals surface area contributed by atoms with Crippen LogP contribution in [0.2, 0.25) is 5.02 Å². The van der Waals surface area contributed by atoms with Crippen molar-refractivity contribution in [2.24, 2.45) is 0 Å². The lowest BCUT2D eigenvalue weighted by molar-refractivity contribution is 0.461. The van der Waals surface area contributed by atoms with Crippen LogP contribution in [0.15, 0.2) is 77.8 Å². The number of benzene rings is 3. The van der Waals surface area contributed by atoms with Crippen LogP contribution in [0.25, 0.3) is 22.0 Å². The second-order valence-electron chi connectivity index (χ2n) is 8.16. The molecule has 0 amide bonds. The third-order valence-corrected chi connectivity index (χ3v) is 7.21. The van der Waals surface area contributed by atoms with Crippen LogP contribution in [0.5, 0.6) is 0 Å². The maximum Gasteiger partial charge on any atom is 0.223 e. The fourth-order valence-corrected chi connectivity index (χ4v) is 5.01. The zero-order valence-electron chi connectivity index (χ0n) is 17.7. The predicted molar refractivity (Wildman–Crippen MR) is 136 cm³/mol. The van der Waals surface area contributed by atoms with E-state index in [-0.39, 0.29) is 0 Å². The number of halogens is 1. The maximum atomic E-state index is 6.23. The summed E-state index contributed by atoms with van der Waals surface area (Å²) < 4.78 is 3.35. The summed E-state index contributed by atoms with van der Waals surface area (Å²) in [7, 11) is 0. The minimum atomic E-state index is 0.503. The molecule has 0 unspecified atom stereocenters. The highest BCUT2D eigenvalue weighted by Crippen LogP contribution is 2.30. The van der Waals surface area contributed by atoms with Crippen molar-refractivity contribution in [3.8, 4) is 11.1 Å². The molecule has 6 heteroatoms. The molecular weight excluding hydrogens is 436 g/mol. The molecule has 4 nitrogen and oxygen atoms in total. The van der Waals surface area contributed by atoms with Crippen molar-refractivity contribution in [1.82, 2.24) is 9.97 Å². The van der Waals surface area contributed by atoms with Crippen LogP contribution in [0.4, 0.5) is 11.6 Å². The van der Waals surface area contributed by atoms with Crippen molar-refractivity contribution in [2.45, 2.75) is 43.0 Å². The smallest absolute Gasteiger partial charge is 0.223 e. The highest BCUT2D eigenvalue weighted by atomic mass is 35.5. The van der Waals surface area contributed by atoms with Crippen molar-refractivity contribution in [2.75, 3.05) is 10.0 Å². The van der Waals surface area contributed by atoms with Crippen molar-refractivity contribution < 1.29 is 0 Å². The van der Waals surface area contributed by atoms with Gasteiger partial charge in [0.25, 0.3) is 0 Å². The number of aromatic nitrogens is 2. The van der Waals surface area contributed by atoms with E-state index in [0.717, 1.165) is 43.6 Å². The zero-order chi connectivity index (χ0) is 21.8. The monoisotopic (exact) mass is 460 g/mol. The van der Waals surface area contributed by atoms with Crippen LogP contribution in [0.3, 0.4) is 0 Å². The Bertz CT molecular complexity index is 1210. The summed E-state index contributed by atoms with van der Waals surface area (Å²) in [5.41, 5.74) is 4.31. The largest absolute Gasteiger partial charge is 0.351 e. The third kappa shape index (κ3) is 5.00. The Morgan fingerprint density at radius 2 is 1.66 bits per heavy atom. The molecular formula is C26H25ClN4S. The molecule has 1 aromatic heterocycles. The number of anilines is 2. The highest BCUT2D eigenvalue weighted by molar-refractivity contribution is 8.00. The molecule has 4 aromatic rings. The summed E-state index contributed by atoms with van der Waals surface area (Å²) in [4.78, 5) is 10.3. The predicted octanol–water partition coefficient (Wildman–Crippen LogP) is 7.81. The van der Waals surface area contributed by atoms with Crippen molar-refractivity contribution in [1.29, 1.82) is 0 Å². The fraction of sp³-hybridized carbons (Fsp3) is 0.231. The number of hydrogen-bond donors (Lipinski definition) is 2. The van der Waals surface area contributed by atoms with Crippen LogP contribution in [0, 0.1) is 0 Å². The quantitative estimate of drug-likeness (QED) is 0.287. The molecule has 3 aromatic carbocycles. The van der Waals surface area contributed by atoms with Gasteiger partial charge >= 0.3 is 0 Å². The Labute approximate surface area is 198 Å². The van der Waals surface area contributed by atoms with Gasteiger partial charge in [0, 0.05) is 28.2 Å². The van der Waals surface area contributed by atoms with E-state index in [0.29, 0.717) is 6.04 Å². The van der Waals surface area contributed by atoms with E-state index in [9.17, 15) is 0 Å². The van der Waals surface area contributed by atoms with Gasteiger partial charge in [-0.1, -0.05) is 61.2 Å². The number of rotatable bonds is 6. The highest BCUT2D eigenvalue weighted by Gasteiger charge is 2.14. The molecule has 5 rings (SSSR count). The van der Waals surface area contributed by atoms with Crippen molar-refractivity contribution in [3.63, 3.8) is 0 Å². The van der Waals surface area contributed by atoms with Gasteiger partial charge in [-0.05, 0) is 72.3 Å². The average Bonchev–Trinajstić information content (AvgIpc) is 2.84. The van der Waals surface area contributed by atoms with Gasteiger partial charge in [-0.2, -0.15) is 0 Å². The molecule has 1 aliphatic carbocycles. The lowest BCUT2D eigenvalue weighted by atomic mass is 9.96. The van der Waals surface area contributed by atoms with E-state index in [1.165, 1.54) is 44.1 Å². The Kier molecular flexibility index (Phi) is 6.46. The molecule has 2 N–H and O–H groups in total. The molecule has 0 atom stereocenters. The first-order chi connectivity index (χ1) is 15.7. The average molecular weight is 461 g/mol. The van der Waals surface area contributed by atoms with Gasteiger partial charge in [0.1, 0.15) is 0 Å². The van der Waals surface area contributed by atoms with Gasteiger partial charge < -0.3 is 10.0 Å². The number of fused-ring (bicyclic) bond motifs is 1. The van der Waals surface area contributed by atoms with Gasteiger partial charge in [-0.15, -0.1) is 0 Å². The Hall–Kier alpha value is -2.76. The van der Waals surface area contributed by atoms with Gasteiger partial charge in [0.2, 0.25) is 5.95 Å². The van der Waals surface area contributed by atoms with Crippen LogP contribution in [0.1, 0.15) is 32.1 Å². The van der Waals surface area contributed by atoms with Gasteiger partial charge in [0.05, 0.1) is 10.5 Å². The summed E-state index contributed by atoms with van der Waals surface area (Å²) >= 11 is 7.74. The number of hydrogen-bond acceptors (Lipinski definition) is 5. The van der Waals surface area contributed by atoms with Gasteiger partial charge in [-0.25, -0.2) is 9.97 Å².